The molecule has 110 valence electrons. The monoisotopic (exact) mass is 284 g/mol. The molecule has 0 aliphatic heterocycles. The first-order valence-electron chi connectivity index (χ1n) is 7.38. The molecule has 1 aromatic carbocycles. The summed E-state index contributed by atoms with van der Waals surface area (Å²) in [5.74, 6) is 1.42. The van der Waals surface area contributed by atoms with Crippen molar-refractivity contribution < 1.29 is 9.21 Å². The predicted octanol–water partition coefficient (Wildman–Crippen LogP) is 2.43. The molecule has 1 heterocycles. The molecule has 0 unspecified atom stereocenters. The average Bonchev–Trinajstić information content (AvgIpc) is 2.98. The highest BCUT2D eigenvalue weighted by Crippen LogP contribution is 2.36. The quantitative estimate of drug-likeness (QED) is 0.856. The summed E-state index contributed by atoms with van der Waals surface area (Å²) in [4.78, 5) is 11.7. The summed E-state index contributed by atoms with van der Waals surface area (Å²) in [6.45, 7) is 0.817. The van der Waals surface area contributed by atoms with Crippen LogP contribution < -0.4 is 10.6 Å². The van der Waals surface area contributed by atoms with Crippen molar-refractivity contribution in [3.05, 3.63) is 60.1 Å². The number of nitrogens with one attached hydrogen (secondary N) is 2. The number of furan rings is 1. The molecular formula is C17H20N2O2. The van der Waals surface area contributed by atoms with Crippen molar-refractivity contribution in [2.45, 2.75) is 31.3 Å². The summed E-state index contributed by atoms with van der Waals surface area (Å²) in [6, 6.07) is 14.7. The Morgan fingerprint density at radius 1 is 1.14 bits per heavy atom. The van der Waals surface area contributed by atoms with E-state index in [2.05, 4.69) is 34.9 Å². The third-order valence-corrected chi connectivity index (χ3v) is 4.00. The minimum atomic E-state index is 0.00885. The lowest BCUT2D eigenvalue weighted by Crippen LogP contribution is -2.44. The number of hydrogen-bond acceptors (Lipinski definition) is 3. The molecule has 21 heavy (non-hydrogen) atoms. The van der Waals surface area contributed by atoms with Crippen LogP contribution in [0.1, 0.15) is 30.1 Å². The van der Waals surface area contributed by atoms with E-state index in [9.17, 15) is 4.79 Å². The Morgan fingerprint density at radius 3 is 2.67 bits per heavy atom. The van der Waals surface area contributed by atoms with Gasteiger partial charge in [0.2, 0.25) is 5.91 Å². The van der Waals surface area contributed by atoms with Gasteiger partial charge in [-0.25, -0.2) is 0 Å². The fraction of sp³-hybridized carbons (Fsp3) is 0.353. The predicted molar refractivity (Wildman–Crippen MR) is 80.8 cm³/mol. The van der Waals surface area contributed by atoms with Crippen LogP contribution in [0.4, 0.5) is 0 Å². The molecule has 0 bridgehead atoms. The Balaban J connectivity index is 1.33. The van der Waals surface area contributed by atoms with E-state index in [0.29, 0.717) is 25.0 Å². The molecule has 0 saturated heterocycles. The SMILES string of the molecule is O=C(CNC1CC(c2ccccc2)C1)NCc1ccco1. The second-order valence-electron chi connectivity index (χ2n) is 5.51. The first kappa shape index (κ1) is 13.9. The molecule has 0 spiro atoms. The van der Waals surface area contributed by atoms with Gasteiger partial charge in [0.15, 0.2) is 0 Å². The zero-order chi connectivity index (χ0) is 14.5. The Bertz CT molecular complexity index is 560. The molecule has 1 fully saturated rings. The Hall–Kier alpha value is -2.07. The molecule has 1 saturated carbocycles. The molecule has 0 atom stereocenters. The van der Waals surface area contributed by atoms with E-state index in [0.717, 1.165) is 18.6 Å². The van der Waals surface area contributed by atoms with Gasteiger partial charge in [-0.2, -0.15) is 0 Å². The smallest absolute Gasteiger partial charge is 0.234 e. The van der Waals surface area contributed by atoms with E-state index < -0.39 is 0 Å². The van der Waals surface area contributed by atoms with Gasteiger partial charge in [-0.3, -0.25) is 4.79 Å². The van der Waals surface area contributed by atoms with E-state index in [1.54, 1.807) is 6.26 Å². The highest BCUT2D eigenvalue weighted by atomic mass is 16.3. The van der Waals surface area contributed by atoms with Gasteiger partial charge in [0.25, 0.3) is 0 Å². The molecule has 3 rings (SSSR count). The zero-order valence-corrected chi connectivity index (χ0v) is 11.9. The number of rotatable bonds is 6. The first-order valence-corrected chi connectivity index (χ1v) is 7.38. The van der Waals surface area contributed by atoms with Crippen LogP contribution in [-0.4, -0.2) is 18.5 Å². The molecule has 2 aromatic rings. The van der Waals surface area contributed by atoms with Crippen molar-refractivity contribution in [1.29, 1.82) is 0 Å². The minimum Gasteiger partial charge on any atom is -0.467 e. The maximum atomic E-state index is 11.7. The molecule has 0 radical (unpaired) electrons. The molecule has 1 aliphatic rings. The lowest BCUT2D eigenvalue weighted by Gasteiger charge is -2.36. The lowest BCUT2D eigenvalue weighted by molar-refractivity contribution is -0.120. The van der Waals surface area contributed by atoms with E-state index in [1.807, 2.05) is 18.2 Å². The van der Waals surface area contributed by atoms with Gasteiger partial charge < -0.3 is 15.1 Å². The second-order valence-corrected chi connectivity index (χ2v) is 5.51. The summed E-state index contributed by atoms with van der Waals surface area (Å²) in [7, 11) is 0. The highest BCUT2D eigenvalue weighted by molar-refractivity contribution is 5.77. The van der Waals surface area contributed by atoms with Gasteiger partial charge in [0.05, 0.1) is 19.4 Å². The van der Waals surface area contributed by atoms with E-state index >= 15 is 0 Å². The Labute approximate surface area is 124 Å². The maximum absolute atomic E-state index is 11.7. The average molecular weight is 284 g/mol. The summed E-state index contributed by atoms with van der Waals surface area (Å²) < 4.78 is 5.17. The Kier molecular flexibility index (Phi) is 4.36. The van der Waals surface area contributed by atoms with Crippen LogP contribution in [0.25, 0.3) is 0 Å². The fourth-order valence-corrected chi connectivity index (χ4v) is 2.68. The molecule has 2 N–H and O–H groups in total. The standard InChI is InChI=1S/C17H20N2O2/c20-17(19-11-16-7-4-8-21-16)12-18-15-9-14(10-15)13-5-2-1-3-6-13/h1-8,14-15,18H,9-12H2,(H,19,20). The van der Waals surface area contributed by atoms with Crippen LogP contribution in [0.3, 0.4) is 0 Å². The van der Waals surface area contributed by atoms with Crippen molar-refractivity contribution in [1.82, 2.24) is 10.6 Å². The van der Waals surface area contributed by atoms with Crippen LogP contribution in [0, 0.1) is 0 Å². The molecule has 4 heteroatoms. The first-order chi connectivity index (χ1) is 10.3. The summed E-state index contributed by atoms with van der Waals surface area (Å²) in [6.07, 6.45) is 3.82. The van der Waals surface area contributed by atoms with Crippen molar-refractivity contribution in [2.75, 3.05) is 6.54 Å². The van der Waals surface area contributed by atoms with E-state index in [4.69, 9.17) is 4.42 Å². The van der Waals surface area contributed by atoms with Crippen molar-refractivity contribution in [3.8, 4) is 0 Å². The van der Waals surface area contributed by atoms with Crippen LogP contribution in [-0.2, 0) is 11.3 Å². The topological polar surface area (TPSA) is 54.3 Å². The van der Waals surface area contributed by atoms with Gasteiger partial charge in [-0.15, -0.1) is 0 Å². The van der Waals surface area contributed by atoms with Crippen LogP contribution >= 0.6 is 0 Å². The largest absolute Gasteiger partial charge is 0.467 e. The number of carbonyl (C=O) groups is 1. The van der Waals surface area contributed by atoms with Crippen LogP contribution in [0.5, 0.6) is 0 Å². The summed E-state index contributed by atoms with van der Waals surface area (Å²) >= 11 is 0. The number of carbonyl (C=O) groups excluding carboxylic acids is 1. The van der Waals surface area contributed by atoms with Crippen LogP contribution in [0.15, 0.2) is 53.1 Å². The molecule has 1 aliphatic carbocycles. The number of benzene rings is 1. The van der Waals surface area contributed by atoms with Gasteiger partial charge >= 0.3 is 0 Å². The third kappa shape index (κ3) is 3.73. The van der Waals surface area contributed by atoms with Crippen LogP contribution in [0.2, 0.25) is 0 Å². The fourth-order valence-electron chi connectivity index (χ4n) is 2.68. The molecule has 4 nitrogen and oxygen atoms in total. The summed E-state index contributed by atoms with van der Waals surface area (Å²) in [5.41, 5.74) is 1.40. The second kappa shape index (κ2) is 6.59. The normalized spacial score (nSPS) is 20.8. The van der Waals surface area contributed by atoms with E-state index in [1.165, 1.54) is 5.56 Å². The zero-order valence-electron chi connectivity index (χ0n) is 11.9. The van der Waals surface area contributed by atoms with Crippen molar-refractivity contribution in [3.63, 3.8) is 0 Å². The minimum absolute atomic E-state index is 0.00885. The molecule has 1 aromatic heterocycles. The van der Waals surface area contributed by atoms with Crippen molar-refractivity contribution in [2.24, 2.45) is 0 Å². The van der Waals surface area contributed by atoms with Gasteiger partial charge in [-0.05, 0) is 36.5 Å². The third-order valence-electron chi connectivity index (χ3n) is 4.00. The van der Waals surface area contributed by atoms with E-state index in [-0.39, 0.29) is 5.91 Å². The maximum Gasteiger partial charge on any atom is 0.234 e. The van der Waals surface area contributed by atoms with Gasteiger partial charge in [-0.1, -0.05) is 30.3 Å². The lowest BCUT2D eigenvalue weighted by atomic mass is 9.76. The summed E-state index contributed by atoms with van der Waals surface area (Å²) in [5, 5.41) is 6.14. The van der Waals surface area contributed by atoms with Crippen molar-refractivity contribution >= 4 is 5.91 Å². The number of hydrogen-bond donors (Lipinski definition) is 2. The molecule has 1 amide bonds. The Morgan fingerprint density at radius 2 is 1.95 bits per heavy atom. The number of amides is 1. The van der Waals surface area contributed by atoms with Gasteiger partial charge in [0, 0.05) is 6.04 Å². The highest BCUT2D eigenvalue weighted by Gasteiger charge is 2.29. The molecular weight excluding hydrogens is 264 g/mol. The van der Waals surface area contributed by atoms with Gasteiger partial charge in [0.1, 0.15) is 5.76 Å².